The van der Waals surface area contributed by atoms with Gasteiger partial charge in [0.05, 0.1) is 6.54 Å². The van der Waals surface area contributed by atoms with Crippen LogP contribution in [0.4, 0.5) is 5.69 Å². The van der Waals surface area contributed by atoms with E-state index >= 15 is 0 Å². The molecule has 5 nitrogen and oxygen atoms in total. The zero-order chi connectivity index (χ0) is 18.9. The minimum atomic E-state index is -0.126. The largest absolute Gasteiger partial charge is 0.349 e. The summed E-state index contributed by atoms with van der Waals surface area (Å²) in [5.74, 6) is -0.0400. The Morgan fingerprint density at radius 2 is 1.85 bits per heavy atom. The van der Waals surface area contributed by atoms with Gasteiger partial charge in [0, 0.05) is 37.8 Å². The van der Waals surface area contributed by atoms with E-state index in [2.05, 4.69) is 10.6 Å². The molecule has 0 unspecified atom stereocenters. The number of nitrogens with one attached hydrogen (secondary N) is 2. The van der Waals surface area contributed by atoms with E-state index in [1.54, 1.807) is 19.0 Å². The van der Waals surface area contributed by atoms with Crippen LogP contribution in [0.15, 0.2) is 48.5 Å². The van der Waals surface area contributed by atoms with Crippen LogP contribution in [0.3, 0.4) is 0 Å². The van der Waals surface area contributed by atoms with Gasteiger partial charge in [-0.15, -0.1) is 0 Å². The van der Waals surface area contributed by atoms with Crippen molar-refractivity contribution < 1.29 is 9.59 Å². The van der Waals surface area contributed by atoms with Gasteiger partial charge in [-0.3, -0.25) is 9.59 Å². The van der Waals surface area contributed by atoms with Crippen molar-refractivity contribution in [2.45, 2.75) is 19.4 Å². The fraction of sp³-hybridized carbons (Fsp3) is 0.300. The Morgan fingerprint density at radius 3 is 2.58 bits per heavy atom. The number of carbonyl (C=O) groups is 2. The zero-order valence-electron chi connectivity index (χ0n) is 15.1. The average Bonchev–Trinajstić information content (AvgIpc) is 2.61. The lowest BCUT2D eigenvalue weighted by Gasteiger charge is -2.11. The van der Waals surface area contributed by atoms with Crippen molar-refractivity contribution in [2.24, 2.45) is 0 Å². The van der Waals surface area contributed by atoms with Crippen molar-refractivity contribution in [3.63, 3.8) is 0 Å². The maximum Gasteiger partial charge on any atom is 0.238 e. The van der Waals surface area contributed by atoms with E-state index in [1.165, 1.54) is 0 Å². The molecule has 0 atom stereocenters. The Labute approximate surface area is 159 Å². The number of carbonyl (C=O) groups excluding carboxylic acids is 2. The average molecular weight is 374 g/mol. The first kappa shape index (κ1) is 19.9. The number of aryl methyl sites for hydroxylation is 1. The molecule has 2 amide bonds. The van der Waals surface area contributed by atoms with Crippen molar-refractivity contribution >= 4 is 29.1 Å². The molecular formula is C20H24ClN3O2. The van der Waals surface area contributed by atoms with E-state index in [4.69, 9.17) is 11.6 Å². The predicted octanol–water partition coefficient (Wildman–Crippen LogP) is 3.09. The summed E-state index contributed by atoms with van der Waals surface area (Å²) in [5.41, 5.74) is 2.70. The Kier molecular flexibility index (Phi) is 7.63. The molecule has 0 aromatic heterocycles. The number of benzene rings is 2. The van der Waals surface area contributed by atoms with Crippen molar-refractivity contribution in [1.29, 1.82) is 0 Å². The standard InChI is InChI=1S/C20H24ClN3O2/c1-24(2)20(26)11-10-15-6-5-8-17(12-15)23-19(25)14-22-13-16-7-3-4-9-18(16)21/h3-9,12,22H,10-11,13-14H2,1-2H3,(H,23,25). The summed E-state index contributed by atoms with van der Waals surface area (Å²) in [6.07, 6.45) is 1.09. The molecule has 2 rings (SSSR count). The quantitative estimate of drug-likeness (QED) is 0.747. The molecule has 0 fully saturated rings. The molecule has 0 aliphatic rings. The summed E-state index contributed by atoms with van der Waals surface area (Å²) in [6, 6.07) is 15.1. The topological polar surface area (TPSA) is 61.4 Å². The lowest BCUT2D eigenvalue weighted by Crippen LogP contribution is -2.27. The number of anilines is 1. The monoisotopic (exact) mass is 373 g/mol. The SMILES string of the molecule is CN(C)C(=O)CCc1cccc(NC(=O)CNCc2ccccc2Cl)c1. The number of hydrogen-bond acceptors (Lipinski definition) is 3. The molecule has 0 spiro atoms. The van der Waals surface area contributed by atoms with Gasteiger partial charge in [0.2, 0.25) is 11.8 Å². The lowest BCUT2D eigenvalue weighted by atomic mass is 10.1. The smallest absolute Gasteiger partial charge is 0.238 e. The van der Waals surface area contributed by atoms with E-state index in [0.717, 1.165) is 16.8 Å². The van der Waals surface area contributed by atoms with Crippen molar-refractivity contribution in [3.05, 3.63) is 64.7 Å². The van der Waals surface area contributed by atoms with E-state index in [1.807, 2.05) is 48.5 Å². The van der Waals surface area contributed by atoms with Crippen LogP contribution in [0.25, 0.3) is 0 Å². The molecular weight excluding hydrogens is 350 g/mol. The van der Waals surface area contributed by atoms with Crippen molar-refractivity contribution in [3.8, 4) is 0 Å². The van der Waals surface area contributed by atoms with Gasteiger partial charge in [-0.2, -0.15) is 0 Å². The molecule has 0 bridgehead atoms. The molecule has 0 radical (unpaired) electrons. The van der Waals surface area contributed by atoms with E-state index < -0.39 is 0 Å². The van der Waals surface area contributed by atoms with Crippen molar-refractivity contribution in [2.75, 3.05) is 26.0 Å². The Balaban J connectivity index is 1.80. The summed E-state index contributed by atoms with van der Waals surface area (Å²) in [4.78, 5) is 25.3. The Morgan fingerprint density at radius 1 is 1.08 bits per heavy atom. The van der Waals surface area contributed by atoms with Gasteiger partial charge < -0.3 is 15.5 Å². The van der Waals surface area contributed by atoms with E-state index in [-0.39, 0.29) is 18.4 Å². The minimum Gasteiger partial charge on any atom is -0.349 e. The number of nitrogens with zero attached hydrogens (tertiary/aromatic N) is 1. The second-order valence-corrected chi connectivity index (χ2v) is 6.64. The van der Waals surface area contributed by atoms with Gasteiger partial charge in [-0.05, 0) is 35.7 Å². The normalized spacial score (nSPS) is 10.4. The third-order valence-electron chi connectivity index (χ3n) is 3.90. The summed E-state index contributed by atoms with van der Waals surface area (Å²) < 4.78 is 0. The molecule has 26 heavy (non-hydrogen) atoms. The van der Waals surface area contributed by atoms with E-state index in [0.29, 0.717) is 24.4 Å². The first-order valence-corrected chi connectivity index (χ1v) is 8.86. The van der Waals surface area contributed by atoms with Gasteiger partial charge in [-0.25, -0.2) is 0 Å². The van der Waals surface area contributed by atoms with E-state index in [9.17, 15) is 9.59 Å². The van der Waals surface area contributed by atoms with Gasteiger partial charge in [0.15, 0.2) is 0 Å². The molecule has 0 heterocycles. The summed E-state index contributed by atoms with van der Waals surface area (Å²) >= 11 is 6.09. The number of amides is 2. The molecule has 0 aliphatic carbocycles. The fourth-order valence-corrected chi connectivity index (χ4v) is 2.64. The third-order valence-corrected chi connectivity index (χ3v) is 4.26. The van der Waals surface area contributed by atoms with Crippen molar-refractivity contribution in [1.82, 2.24) is 10.2 Å². The summed E-state index contributed by atoms with van der Waals surface area (Å²) in [6.45, 7) is 0.717. The zero-order valence-corrected chi connectivity index (χ0v) is 15.8. The van der Waals surface area contributed by atoms with Crippen LogP contribution < -0.4 is 10.6 Å². The second kappa shape index (κ2) is 9.94. The molecule has 2 N–H and O–H groups in total. The Bertz CT molecular complexity index is 762. The molecule has 0 saturated carbocycles. The highest BCUT2D eigenvalue weighted by atomic mass is 35.5. The van der Waals surface area contributed by atoms with Crippen LogP contribution in [0.5, 0.6) is 0 Å². The first-order valence-electron chi connectivity index (χ1n) is 8.49. The minimum absolute atomic E-state index is 0.0863. The summed E-state index contributed by atoms with van der Waals surface area (Å²) in [7, 11) is 3.49. The first-order chi connectivity index (χ1) is 12.5. The molecule has 2 aromatic rings. The molecule has 0 saturated heterocycles. The highest BCUT2D eigenvalue weighted by Crippen LogP contribution is 2.14. The van der Waals surface area contributed by atoms with Crippen LogP contribution in [-0.4, -0.2) is 37.4 Å². The van der Waals surface area contributed by atoms with Crippen LogP contribution in [0, 0.1) is 0 Å². The molecule has 0 aliphatic heterocycles. The van der Waals surface area contributed by atoms with Crippen LogP contribution in [-0.2, 0) is 22.6 Å². The Hall–Kier alpha value is -2.37. The third kappa shape index (κ3) is 6.50. The van der Waals surface area contributed by atoms with Gasteiger partial charge in [-0.1, -0.05) is 41.9 Å². The lowest BCUT2D eigenvalue weighted by molar-refractivity contribution is -0.128. The molecule has 2 aromatic carbocycles. The number of rotatable bonds is 8. The maximum atomic E-state index is 12.1. The van der Waals surface area contributed by atoms with Crippen LogP contribution >= 0.6 is 11.6 Å². The predicted molar refractivity (Wildman–Crippen MR) is 105 cm³/mol. The molecule has 138 valence electrons. The maximum absolute atomic E-state index is 12.1. The molecule has 6 heteroatoms. The van der Waals surface area contributed by atoms with Crippen LogP contribution in [0.1, 0.15) is 17.5 Å². The number of halogens is 1. The van der Waals surface area contributed by atoms with Crippen LogP contribution in [0.2, 0.25) is 5.02 Å². The van der Waals surface area contributed by atoms with Gasteiger partial charge in [0.1, 0.15) is 0 Å². The van der Waals surface area contributed by atoms with Gasteiger partial charge in [0.25, 0.3) is 0 Å². The number of hydrogen-bond donors (Lipinski definition) is 2. The highest BCUT2D eigenvalue weighted by Gasteiger charge is 2.07. The van der Waals surface area contributed by atoms with Gasteiger partial charge >= 0.3 is 0 Å². The highest BCUT2D eigenvalue weighted by molar-refractivity contribution is 6.31. The second-order valence-electron chi connectivity index (χ2n) is 6.23. The summed E-state index contributed by atoms with van der Waals surface area (Å²) in [5, 5.41) is 6.63. The fourth-order valence-electron chi connectivity index (χ4n) is 2.44.